The zero-order valence-corrected chi connectivity index (χ0v) is 19.7. The Morgan fingerprint density at radius 1 is 1.11 bits per heavy atom. The minimum Gasteiger partial charge on any atom is -0.508 e. The summed E-state index contributed by atoms with van der Waals surface area (Å²) in [6, 6.07) is 16.3. The first-order valence-corrected chi connectivity index (χ1v) is 11.7. The molecule has 0 radical (unpaired) electrons. The maximum Gasteiger partial charge on any atom is 0.225 e. The lowest BCUT2D eigenvalue weighted by molar-refractivity contribution is -0.122. The molecule has 2 aromatic rings. The van der Waals surface area contributed by atoms with E-state index in [1.165, 1.54) is 6.34 Å². The maximum absolute atomic E-state index is 12.7. The topological polar surface area (TPSA) is 143 Å². The molecule has 2 atom stereocenters. The number of nitrogens with one attached hydrogen (secondary N) is 2. The van der Waals surface area contributed by atoms with Gasteiger partial charge < -0.3 is 21.6 Å². The maximum atomic E-state index is 12.7. The fourth-order valence-corrected chi connectivity index (χ4v) is 4.50. The molecule has 0 spiro atoms. The average Bonchev–Trinajstić information content (AvgIpc) is 2.86. The summed E-state index contributed by atoms with van der Waals surface area (Å²) in [6.45, 7) is 0.412. The molecule has 0 heterocycles. The Balaban J connectivity index is 1.64. The Morgan fingerprint density at radius 3 is 2.49 bits per heavy atom. The van der Waals surface area contributed by atoms with E-state index in [2.05, 4.69) is 15.7 Å². The van der Waals surface area contributed by atoms with Gasteiger partial charge in [-0.3, -0.25) is 9.59 Å². The number of hydrogen-bond acceptors (Lipinski definition) is 5. The van der Waals surface area contributed by atoms with Gasteiger partial charge in [0.25, 0.3) is 0 Å². The molecule has 0 saturated heterocycles. The normalized spacial score (nSPS) is 18.1. The van der Waals surface area contributed by atoms with E-state index < -0.39 is 11.3 Å². The second-order valence-electron chi connectivity index (χ2n) is 8.72. The number of phenolic OH excluding ortho intramolecular Hbond substituents is 1. The van der Waals surface area contributed by atoms with Gasteiger partial charge in [0.15, 0.2) is 0 Å². The Kier molecular flexibility index (Phi) is 9.20. The highest BCUT2D eigenvalue weighted by atomic mass is 16.3. The standard InChI is InChI=1S/C27H33N5O3/c28-26(35)25(21-6-2-1-3-7-21)27(16-13-22(14-17-27)31-19-32-29)15-5-4-8-24(34)30-18-20-9-11-23(33)12-10-20/h1-3,6-7,9-14,16,19,25,33H,4-5,8,15,17-18,29H2,(H2,28,35)(H,30,34)(H,31,32). The monoisotopic (exact) mass is 475 g/mol. The summed E-state index contributed by atoms with van der Waals surface area (Å²) in [5.41, 5.74) is 10.4. The van der Waals surface area contributed by atoms with Crippen molar-refractivity contribution >= 4 is 18.2 Å². The first-order chi connectivity index (χ1) is 16.9. The van der Waals surface area contributed by atoms with E-state index in [1.54, 1.807) is 24.3 Å². The number of carbonyl (C=O) groups is 2. The van der Waals surface area contributed by atoms with Gasteiger partial charge in [-0.1, -0.05) is 61.0 Å². The molecule has 0 bridgehead atoms. The molecule has 0 aromatic heterocycles. The van der Waals surface area contributed by atoms with Crippen LogP contribution >= 0.6 is 0 Å². The first kappa shape index (κ1) is 25.7. The van der Waals surface area contributed by atoms with Gasteiger partial charge in [-0.15, -0.1) is 0 Å². The molecule has 2 amide bonds. The number of benzene rings is 2. The van der Waals surface area contributed by atoms with Crippen LogP contribution in [0.4, 0.5) is 0 Å². The van der Waals surface area contributed by atoms with Crippen LogP contribution in [0.25, 0.3) is 0 Å². The van der Waals surface area contributed by atoms with E-state index in [9.17, 15) is 14.7 Å². The predicted octanol–water partition coefficient (Wildman–Crippen LogP) is 3.16. The minimum atomic E-state index is -0.509. The second kappa shape index (κ2) is 12.5. The zero-order valence-electron chi connectivity index (χ0n) is 19.7. The average molecular weight is 476 g/mol. The van der Waals surface area contributed by atoms with Crippen molar-refractivity contribution in [2.45, 2.75) is 44.6 Å². The van der Waals surface area contributed by atoms with Gasteiger partial charge in [0.1, 0.15) is 12.1 Å². The van der Waals surface area contributed by atoms with Crippen LogP contribution in [0.2, 0.25) is 0 Å². The van der Waals surface area contributed by atoms with Gasteiger partial charge in [0, 0.05) is 18.4 Å². The highest BCUT2D eigenvalue weighted by molar-refractivity contribution is 5.83. The fourth-order valence-electron chi connectivity index (χ4n) is 4.50. The van der Waals surface area contributed by atoms with Gasteiger partial charge in [-0.05, 0) is 48.6 Å². The number of phenols is 1. The highest BCUT2D eigenvalue weighted by Crippen LogP contribution is 2.47. The van der Waals surface area contributed by atoms with Crippen LogP contribution in [0.3, 0.4) is 0 Å². The largest absolute Gasteiger partial charge is 0.508 e. The lowest BCUT2D eigenvalue weighted by Gasteiger charge is -2.38. The summed E-state index contributed by atoms with van der Waals surface area (Å²) in [5.74, 6) is 4.55. The number of unbranched alkanes of at least 4 members (excludes halogenated alkanes) is 1. The summed E-state index contributed by atoms with van der Waals surface area (Å²) in [6.07, 6.45) is 10.4. The Labute approximate surface area is 205 Å². The third-order valence-electron chi connectivity index (χ3n) is 6.28. The number of allylic oxidation sites excluding steroid dienone is 3. The number of primary amides is 1. The van der Waals surface area contributed by atoms with Crippen molar-refractivity contribution in [2.75, 3.05) is 0 Å². The second-order valence-corrected chi connectivity index (χ2v) is 8.72. The van der Waals surface area contributed by atoms with Gasteiger partial charge in [0.2, 0.25) is 11.8 Å². The number of amides is 2. The molecular formula is C27H33N5O3. The first-order valence-electron chi connectivity index (χ1n) is 11.7. The van der Waals surface area contributed by atoms with E-state index in [4.69, 9.17) is 11.6 Å². The third-order valence-corrected chi connectivity index (χ3v) is 6.28. The number of rotatable bonds is 12. The molecule has 1 aliphatic carbocycles. The summed E-state index contributed by atoms with van der Waals surface area (Å²) in [5, 5.41) is 12.3. The molecule has 7 N–H and O–H groups in total. The summed E-state index contributed by atoms with van der Waals surface area (Å²) in [4.78, 5) is 29.2. The molecule has 3 rings (SSSR count). The number of nitrogens with two attached hydrogens (primary N) is 2. The molecular weight excluding hydrogens is 442 g/mol. The summed E-state index contributed by atoms with van der Waals surface area (Å²) < 4.78 is 0. The molecule has 2 aromatic carbocycles. The van der Waals surface area contributed by atoms with Crippen LogP contribution in [0, 0.1) is 5.41 Å². The minimum absolute atomic E-state index is 0.0355. The predicted molar refractivity (Wildman–Crippen MR) is 137 cm³/mol. The lowest BCUT2D eigenvalue weighted by Crippen LogP contribution is -2.37. The molecule has 184 valence electrons. The van der Waals surface area contributed by atoms with Crippen molar-refractivity contribution in [3.63, 3.8) is 0 Å². The van der Waals surface area contributed by atoms with Crippen molar-refractivity contribution in [1.82, 2.24) is 10.7 Å². The molecule has 35 heavy (non-hydrogen) atoms. The number of carbonyl (C=O) groups excluding carboxylic acids is 2. The van der Waals surface area contributed by atoms with Crippen LogP contribution in [0.5, 0.6) is 5.75 Å². The molecule has 1 aliphatic rings. The van der Waals surface area contributed by atoms with Crippen LogP contribution in [0.1, 0.15) is 49.1 Å². The number of hydrogen-bond donors (Lipinski definition) is 5. The Morgan fingerprint density at radius 2 is 1.86 bits per heavy atom. The fraction of sp³-hybridized carbons (Fsp3) is 0.296. The summed E-state index contributed by atoms with van der Waals surface area (Å²) in [7, 11) is 0. The van der Waals surface area contributed by atoms with Gasteiger partial charge >= 0.3 is 0 Å². The smallest absolute Gasteiger partial charge is 0.225 e. The van der Waals surface area contributed by atoms with E-state index >= 15 is 0 Å². The highest BCUT2D eigenvalue weighted by Gasteiger charge is 2.41. The van der Waals surface area contributed by atoms with Crippen molar-refractivity contribution in [3.8, 4) is 5.75 Å². The van der Waals surface area contributed by atoms with Crippen LogP contribution in [-0.4, -0.2) is 23.3 Å². The third kappa shape index (κ3) is 7.28. The Hall–Kier alpha value is -3.91. The van der Waals surface area contributed by atoms with Crippen molar-refractivity contribution in [2.24, 2.45) is 22.0 Å². The molecule has 0 aliphatic heterocycles. The number of nitrogens with zero attached hydrogens (tertiary/aromatic N) is 1. The Bertz CT molecular complexity index is 1080. The zero-order chi connectivity index (χ0) is 25.1. The molecule has 0 saturated carbocycles. The van der Waals surface area contributed by atoms with Gasteiger partial charge in [0.05, 0.1) is 11.6 Å². The SMILES string of the molecule is NNC=NC1=CCC(CCCCC(=O)NCc2ccc(O)cc2)(C(C(N)=O)c2ccccc2)C=C1. The van der Waals surface area contributed by atoms with Crippen molar-refractivity contribution in [1.29, 1.82) is 0 Å². The molecule has 0 fully saturated rings. The number of hydrazine groups is 1. The van der Waals surface area contributed by atoms with Crippen LogP contribution in [0.15, 0.2) is 83.5 Å². The summed E-state index contributed by atoms with van der Waals surface area (Å²) >= 11 is 0. The van der Waals surface area contributed by atoms with E-state index in [1.807, 2.05) is 48.6 Å². The number of aliphatic imine (C=N–C) groups is 1. The molecule has 8 heteroatoms. The van der Waals surface area contributed by atoms with Crippen molar-refractivity contribution in [3.05, 3.63) is 89.6 Å². The lowest BCUT2D eigenvalue weighted by atomic mass is 9.65. The molecule has 8 nitrogen and oxygen atoms in total. The van der Waals surface area contributed by atoms with E-state index in [0.29, 0.717) is 32.2 Å². The molecule has 2 unspecified atom stereocenters. The van der Waals surface area contributed by atoms with Gasteiger partial charge in [-0.2, -0.15) is 0 Å². The van der Waals surface area contributed by atoms with E-state index in [-0.39, 0.29) is 17.6 Å². The number of aromatic hydroxyl groups is 1. The quantitative estimate of drug-likeness (QED) is 0.105. The van der Waals surface area contributed by atoms with Crippen molar-refractivity contribution < 1.29 is 14.7 Å². The van der Waals surface area contributed by atoms with Crippen LogP contribution < -0.4 is 22.3 Å². The van der Waals surface area contributed by atoms with Gasteiger partial charge in [-0.25, -0.2) is 10.8 Å². The van der Waals surface area contributed by atoms with E-state index in [0.717, 1.165) is 23.2 Å². The van der Waals surface area contributed by atoms with Crippen LogP contribution in [-0.2, 0) is 16.1 Å².